The van der Waals surface area contributed by atoms with Crippen LogP contribution in [0.2, 0.25) is 0 Å². The van der Waals surface area contributed by atoms with E-state index in [1.165, 1.54) is 36.4 Å². The molecule has 4 heteroatoms. The minimum Gasteiger partial charge on any atom is -0.194 e. The molecular weight excluding hydrogens is 292 g/mol. The van der Waals surface area contributed by atoms with Crippen LogP contribution in [-0.2, 0) is 11.8 Å². The molecule has 0 radical (unpaired) electrons. The van der Waals surface area contributed by atoms with E-state index < -0.39 is 23.0 Å². The molecule has 0 aromatic heterocycles. The average Bonchev–Trinajstić information content (AvgIpc) is 2.54. The Morgan fingerprint density at radius 2 is 0.864 bits per heavy atom. The molecule has 0 heterocycles. The van der Waals surface area contributed by atoms with Gasteiger partial charge in [-0.2, -0.15) is 17.6 Å². The normalized spacial score (nSPS) is 12.0. The lowest BCUT2D eigenvalue weighted by molar-refractivity contribution is -0.223. The second-order valence-electron chi connectivity index (χ2n) is 4.80. The summed E-state index contributed by atoms with van der Waals surface area (Å²) < 4.78 is 57.0. The highest BCUT2D eigenvalue weighted by molar-refractivity contribution is 5.49. The predicted molar refractivity (Wildman–Crippen MR) is 80.9 cm³/mol. The van der Waals surface area contributed by atoms with Gasteiger partial charge >= 0.3 is 11.8 Å². The number of alkyl halides is 4. The summed E-state index contributed by atoms with van der Waals surface area (Å²) in [5, 5.41) is 0. The van der Waals surface area contributed by atoms with Crippen molar-refractivity contribution in [2.24, 2.45) is 0 Å². The fourth-order valence-electron chi connectivity index (χ4n) is 2.02. The van der Waals surface area contributed by atoms with Crippen LogP contribution < -0.4 is 0 Å². The van der Waals surface area contributed by atoms with Gasteiger partial charge in [-0.3, -0.25) is 0 Å². The fraction of sp³-hybridized carbons (Fsp3) is 0.111. The second-order valence-corrected chi connectivity index (χ2v) is 4.80. The number of rotatable bonds is 5. The van der Waals surface area contributed by atoms with Crippen molar-refractivity contribution in [2.75, 3.05) is 0 Å². The molecule has 0 spiro atoms. The molecule has 0 bridgehead atoms. The number of halogens is 4. The van der Waals surface area contributed by atoms with E-state index in [1.807, 2.05) is 0 Å². The van der Waals surface area contributed by atoms with Gasteiger partial charge in [0.1, 0.15) is 0 Å². The van der Waals surface area contributed by atoms with Crippen LogP contribution in [0, 0.1) is 0 Å². The molecular formula is C18H14F4. The first-order chi connectivity index (χ1) is 10.3. The van der Waals surface area contributed by atoms with Gasteiger partial charge in [-0.25, -0.2) is 0 Å². The van der Waals surface area contributed by atoms with Gasteiger partial charge in [0.05, 0.1) is 0 Å². The zero-order valence-corrected chi connectivity index (χ0v) is 11.7. The Bertz CT molecular complexity index is 606. The Balaban J connectivity index is 2.43. The van der Waals surface area contributed by atoms with Crippen molar-refractivity contribution in [1.82, 2.24) is 0 Å². The molecule has 2 aromatic carbocycles. The predicted octanol–water partition coefficient (Wildman–Crippen LogP) is 5.86. The van der Waals surface area contributed by atoms with E-state index in [0.29, 0.717) is 11.1 Å². The average molecular weight is 306 g/mol. The lowest BCUT2D eigenvalue weighted by Crippen LogP contribution is -2.35. The molecule has 0 amide bonds. The highest BCUT2D eigenvalue weighted by Gasteiger charge is 2.58. The molecule has 0 aliphatic rings. The lowest BCUT2D eigenvalue weighted by atomic mass is 9.95. The maximum atomic E-state index is 14.2. The third-order valence-electron chi connectivity index (χ3n) is 3.41. The number of hydrogen-bond acceptors (Lipinski definition) is 0. The van der Waals surface area contributed by atoms with Gasteiger partial charge in [-0.15, -0.1) is 0 Å². The van der Waals surface area contributed by atoms with Crippen molar-refractivity contribution < 1.29 is 17.6 Å². The molecule has 22 heavy (non-hydrogen) atoms. The zero-order chi connectivity index (χ0) is 16.4. The molecule has 0 aliphatic heterocycles. The molecule has 0 unspecified atom stereocenters. The van der Waals surface area contributed by atoms with Crippen molar-refractivity contribution in [2.45, 2.75) is 11.8 Å². The van der Waals surface area contributed by atoms with E-state index in [0.717, 1.165) is 24.3 Å². The van der Waals surface area contributed by atoms with E-state index in [1.54, 1.807) is 0 Å². The Labute approximate surface area is 126 Å². The van der Waals surface area contributed by atoms with Crippen LogP contribution in [0.25, 0.3) is 12.2 Å². The van der Waals surface area contributed by atoms with Gasteiger partial charge in [0.2, 0.25) is 0 Å². The first kappa shape index (κ1) is 16.0. The third-order valence-corrected chi connectivity index (χ3v) is 3.41. The minimum atomic E-state index is -4.32. The van der Waals surface area contributed by atoms with Gasteiger partial charge < -0.3 is 0 Å². The van der Waals surface area contributed by atoms with Crippen LogP contribution in [0.5, 0.6) is 0 Å². The number of hydrogen-bond donors (Lipinski definition) is 0. The summed E-state index contributed by atoms with van der Waals surface area (Å²) in [7, 11) is 0. The van der Waals surface area contributed by atoms with E-state index >= 15 is 0 Å². The van der Waals surface area contributed by atoms with E-state index in [4.69, 9.17) is 0 Å². The van der Waals surface area contributed by atoms with Crippen molar-refractivity contribution >= 4 is 12.2 Å². The molecule has 0 atom stereocenters. The van der Waals surface area contributed by atoms with Gasteiger partial charge in [0, 0.05) is 11.1 Å². The summed E-state index contributed by atoms with van der Waals surface area (Å²) in [5.41, 5.74) is -0.316. The van der Waals surface area contributed by atoms with Crippen LogP contribution in [0.3, 0.4) is 0 Å². The molecule has 2 aromatic rings. The first-order valence-electron chi connectivity index (χ1n) is 6.54. The summed E-state index contributed by atoms with van der Waals surface area (Å²) in [4.78, 5) is 0. The molecule has 0 N–H and O–H groups in total. The summed E-state index contributed by atoms with van der Waals surface area (Å²) >= 11 is 0. The summed E-state index contributed by atoms with van der Waals surface area (Å²) in [5.74, 6) is -8.63. The van der Waals surface area contributed by atoms with Crippen molar-refractivity contribution in [3.63, 3.8) is 0 Å². The van der Waals surface area contributed by atoms with Crippen LogP contribution in [-0.4, -0.2) is 0 Å². The summed E-state index contributed by atoms with van der Waals surface area (Å²) in [6.45, 7) is 6.98. The molecule has 0 fully saturated rings. The van der Waals surface area contributed by atoms with E-state index in [-0.39, 0.29) is 0 Å². The van der Waals surface area contributed by atoms with Gasteiger partial charge in [0.25, 0.3) is 0 Å². The van der Waals surface area contributed by atoms with Crippen molar-refractivity contribution in [3.05, 3.63) is 83.9 Å². The van der Waals surface area contributed by atoms with Gasteiger partial charge in [-0.05, 0) is 11.1 Å². The fourth-order valence-corrected chi connectivity index (χ4v) is 2.02. The maximum absolute atomic E-state index is 14.2. The molecule has 0 nitrogen and oxygen atoms in total. The molecule has 0 saturated heterocycles. The second kappa shape index (κ2) is 5.79. The van der Waals surface area contributed by atoms with Crippen LogP contribution in [0.4, 0.5) is 17.6 Å². The maximum Gasteiger partial charge on any atom is 0.339 e. The summed E-state index contributed by atoms with van der Waals surface area (Å²) in [6.07, 6.45) is 2.90. The van der Waals surface area contributed by atoms with Gasteiger partial charge in [-0.1, -0.05) is 73.8 Å². The van der Waals surface area contributed by atoms with Crippen LogP contribution in [0.1, 0.15) is 22.3 Å². The van der Waals surface area contributed by atoms with Crippen molar-refractivity contribution in [1.29, 1.82) is 0 Å². The first-order valence-corrected chi connectivity index (χ1v) is 6.54. The summed E-state index contributed by atoms with van der Waals surface area (Å²) in [6, 6.07) is 9.26. The monoisotopic (exact) mass is 306 g/mol. The number of benzene rings is 2. The Hall–Kier alpha value is -2.36. The van der Waals surface area contributed by atoms with Crippen LogP contribution in [0.15, 0.2) is 61.7 Å². The highest BCUT2D eigenvalue weighted by atomic mass is 19.3. The third kappa shape index (κ3) is 2.69. The SMILES string of the molecule is C=Cc1ccc(C(F)(F)C(F)(F)c2ccc(C=C)cc2)cc1. The van der Waals surface area contributed by atoms with E-state index in [2.05, 4.69) is 13.2 Å². The molecule has 0 saturated carbocycles. The molecule has 114 valence electrons. The Morgan fingerprint density at radius 3 is 1.09 bits per heavy atom. The molecule has 2 rings (SSSR count). The smallest absolute Gasteiger partial charge is 0.194 e. The molecule has 0 aliphatic carbocycles. The standard InChI is InChI=1S/C18H14F4/c1-3-13-5-9-15(10-6-13)17(19,20)18(21,22)16-11-7-14(4-2)8-12-16/h3-12H,1-2H2. The Kier molecular flexibility index (Phi) is 4.22. The minimum absolute atomic E-state index is 0.582. The largest absolute Gasteiger partial charge is 0.339 e. The van der Waals surface area contributed by atoms with Crippen LogP contribution >= 0.6 is 0 Å². The quantitative estimate of drug-likeness (QED) is 0.607. The Morgan fingerprint density at radius 1 is 0.591 bits per heavy atom. The van der Waals surface area contributed by atoms with Crippen molar-refractivity contribution in [3.8, 4) is 0 Å². The zero-order valence-electron chi connectivity index (χ0n) is 11.7. The van der Waals surface area contributed by atoms with Gasteiger partial charge in [0.15, 0.2) is 0 Å². The highest BCUT2D eigenvalue weighted by Crippen LogP contribution is 2.49. The lowest BCUT2D eigenvalue weighted by Gasteiger charge is -2.27. The topological polar surface area (TPSA) is 0 Å². The van der Waals surface area contributed by atoms with E-state index in [9.17, 15) is 17.6 Å².